The zero-order valence-corrected chi connectivity index (χ0v) is 13.8. The molecule has 0 fully saturated rings. The minimum absolute atomic E-state index is 0.476. The van der Waals surface area contributed by atoms with Crippen molar-refractivity contribution >= 4 is 31.9 Å². The molecule has 0 spiro atoms. The van der Waals surface area contributed by atoms with Gasteiger partial charge >= 0.3 is 0 Å². The van der Waals surface area contributed by atoms with Gasteiger partial charge < -0.3 is 5.73 Å². The highest BCUT2D eigenvalue weighted by atomic mass is 79.9. The Hall–Kier alpha value is -0.640. The normalized spacial score (nSPS) is 10.9. The molecule has 0 saturated carbocycles. The Balaban J connectivity index is 2.04. The molecule has 2 aromatic rings. The van der Waals surface area contributed by atoms with Crippen LogP contribution in [0.3, 0.4) is 0 Å². The highest BCUT2D eigenvalue weighted by molar-refractivity contribution is 9.10. The second-order valence-electron chi connectivity index (χ2n) is 4.77. The number of hydrogen-bond donors (Lipinski definition) is 1. The molecule has 0 bridgehead atoms. The van der Waals surface area contributed by atoms with Gasteiger partial charge in [0.1, 0.15) is 0 Å². The fraction of sp³-hybridized carbons (Fsp3) is 0.250. The lowest BCUT2D eigenvalue weighted by molar-refractivity contribution is 0.533. The Morgan fingerprint density at radius 1 is 0.842 bits per heavy atom. The Morgan fingerprint density at radius 2 is 1.32 bits per heavy atom. The molecule has 0 heterocycles. The second kappa shape index (κ2) is 7.22. The maximum atomic E-state index is 5.92. The Bertz CT molecular complexity index is 492. The van der Waals surface area contributed by atoms with Crippen molar-refractivity contribution in [2.45, 2.75) is 12.8 Å². The highest BCUT2D eigenvalue weighted by Crippen LogP contribution is 2.19. The first-order chi connectivity index (χ1) is 9.17. The Morgan fingerprint density at radius 3 is 1.68 bits per heavy atom. The summed E-state index contributed by atoms with van der Waals surface area (Å²) in [7, 11) is 0. The fourth-order valence-electron chi connectivity index (χ4n) is 2.23. The van der Waals surface area contributed by atoms with Gasteiger partial charge in [0.15, 0.2) is 0 Å². The summed E-state index contributed by atoms with van der Waals surface area (Å²) in [5.74, 6) is 0.476. The molecule has 0 aromatic heterocycles. The van der Waals surface area contributed by atoms with E-state index in [1.807, 2.05) is 0 Å². The van der Waals surface area contributed by atoms with E-state index in [1.165, 1.54) is 11.1 Å². The van der Waals surface area contributed by atoms with Crippen LogP contribution in [0.25, 0.3) is 0 Å². The molecule has 0 radical (unpaired) electrons. The van der Waals surface area contributed by atoms with Gasteiger partial charge in [0.25, 0.3) is 0 Å². The van der Waals surface area contributed by atoms with Gasteiger partial charge in [0, 0.05) is 8.95 Å². The van der Waals surface area contributed by atoms with Crippen LogP contribution >= 0.6 is 31.9 Å². The van der Waals surface area contributed by atoms with E-state index < -0.39 is 0 Å². The largest absolute Gasteiger partial charge is 0.330 e. The third-order valence-corrected chi connectivity index (χ3v) is 4.15. The summed E-state index contributed by atoms with van der Waals surface area (Å²) >= 11 is 7.03. The zero-order valence-electron chi connectivity index (χ0n) is 10.7. The summed E-state index contributed by atoms with van der Waals surface area (Å²) in [5.41, 5.74) is 8.59. The lowest BCUT2D eigenvalue weighted by Crippen LogP contribution is -2.19. The van der Waals surface area contributed by atoms with E-state index >= 15 is 0 Å². The standard InChI is InChI=1S/C16H17Br2N/c17-15-5-1-3-12(9-15)7-14(11-19)8-13-4-2-6-16(18)10-13/h1-6,9-10,14H,7-8,11,19H2. The average Bonchev–Trinajstić information content (AvgIpc) is 2.38. The van der Waals surface area contributed by atoms with Crippen LogP contribution in [0.15, 0.2) is 57.5 Å². The van der Waals surface area contributed by atoms with E-state index in [-0.39, 0.29) is 0 Å². The van der Waals surface area contributed by atoms with Crippen LogP contribution in [0, 0.1) is 5.92 Å². The van der Waals surface area contributed by atoms with Crippen molar-refractivity contribution in [2.24, 2.45) is 11.7 Å². The van der Waals surface area contributed by atoms with E-state index in [4.69, 9.17) is 5.73 Å². The molecule has 2 N–H and O–H groups in total. The van der Waals surface area contributed by atoms with Crippen LogP contribution in [0.1, 0.15) is 11.1 Å². The van der Waals surface area contributed by atoms with E-state index in [9.17, 15) is 0 Å². The molecule has 0 atom stereocenters. The summed E-state index contributed by atoms with van der Waals surface area (Å²) in [5, 5.41) is 0. The monoisotopic (exact) mass is 381 g/mol. The first-order valence-corrected chi connectivity index (χ1v) is 7.95. The SMILES string of the molecule is NCC(Cc1cccc(Br)c1)Cc1cccc(Br)c1. The van der Waals surface area contributed by atoms with Crippen molar-refractivity contribution in [3.05, 3.63) is 68.6 Å². The Kier molecular flexibility index (Phi) is 5.61. The molecule has 1 nitrogen and oxygen atoms in total. The fourth-order valence-corrected chi connectivity index (χ4v) is 3.13. The summed E-state index contributed by atoms with van der Waals surface area (Å²) < 4.78 is 2.26. The summed E-state index contributed by atoms with van der Waals surface area (Å²) in [6, 6.07) is 16.9. The van der Waals surface area contributed by atoms with Gasteiger partial charge in [-0.3, -0.25) is 0 Å². The molecule has 2 rings (SSSR count). The summed E-state index contributed by atoms with van der Waals surface area (Å²) in [6.45, 7) is 0.707. The zero-order chi connectivity index (χ0) is 13.7. The Labute approximate surface area is 131 Å². The quantitative estimate of drug-likeness (QED) is 0.805. The second-order valence-corrected chi connectivity index (χ2v) is 6.60. The minimum Gasteiger partial charge on any atom is -0.330 e. The van der Waals surface area contributed by atoms with Crippen molar-refractivity contribution < 1.29 is 0 Å². The van der Waals surface area contributed by atoms with Gasteiger partial charge in [-0.15, -0.1) is 0 Å². The lowest BCUT2D eigenvalue weighted by Gasteiger charge is -2.15. The lowest BCUT2D eigenvalue weighted by atomic mass is 9.93. The molecule has 3 heteroatoms. The van der Waals surface area contributed by atoms with Gasteiger partial charge in [-0.25, -0.2) is 0 Å². The maximum absolute atomic E-state index is 5.92. The van der Waals surface area contributed by atoms with Gasteiger partial charge in [0.2, 0.25) is 0 Å². The first-order valence-electron chi connectivity index (χ1n) is 6.36. The third kappa shape index (κ3) is 4.75. The van der Waals surface area contributed by atoms with Crippen molar-refractivity contribution in [3.8, 4) is 0 Å². The molecule has 0 saturated heterocycles. The summed E-state index contributed by atoms with van der Waals surface area (Å²) in [6.07, 6.45) is 2.03. The van der Waals surface area contributed by atoms with Crippen LogP contribution in [-0.2, 0) is 12.8 Å². The number of hydrogen-bond acceptors (Lipinski definition) is 1. The van der Waals surface area contributed by atoms with Gasteiger partial charge in [-0.05, 0) is 60.7 Å². The summed E-state index contributed by atoms with van der Waals surface area (Å²) in [4.78, 5) is 0. The molecular weight excluding hydrogens is 366 g/mol. The van der Waals surface area contributed by atoms with Gasteiger partial charge in [-0.1, -0.05) is 56.1 Å². The molecule has 0 unspecified atom stereocenters. The smallest absolute Gasteiger partial charge is 0.0177 e. The molecule has 0 amide bonds. The van der Waals surface area contributed by atoms with E-state index in [0.29, 0.717) is 12.5 Å². The number of nitrogens with two attached hydrogens (primary N) is 1. The topological polar surface area (TPSA) is 26.0 Å². The average molecular weight is 383 g/mol. The number of benzene rings is 2. The van der Waals surface area contributed by atoms with Crippen LogP contribution in [0.2, 0.25) is 0 Å². The molecule has 19 heavy (non-hydrogen) atoms. The van der Waals surface area contributed by atoms with Crippen LogP contribution in [0.4, 0.5) is 0 Å². The van der Waals surface area contributed by atoms with E-state index in [0.717, 1.165) is 21.8 Å². The van der Waals surface area contributed by atoms with Crippen molar-refractivity contribution in [3.63, 3.8) is 0 Å². The third-order valence-electron chi connectivity index (χ3n) is 3.16. The molecule has 0 aliphatic heterocycles. The van der Waals surface area contributed by atoms with Crippen LogP contribution in [0.5, 0.6) is 0 Å². The predicted molar refractivity (Wildman–Crippen MR) is 88.2 cm³/mol. The molecular formula is C16H17Br2N. The molecule has 100 valence electrons. The highest BCUT2D eigenvalue weighted by Gasteiger charge is 2.09. The van der Waals surface area contributed by atoms with Crippen molar-refractivity contribution in [1.82, 2.24) is 0 Å². The van der Waals surface area contributed by atoms with Gasteiger partial charge in [0.05, 0.1) is 0 Å². The van der Waals surface area contributed by atoms with Gasteiger partial charge in [-0.2, -0.15) is 0 Å². The van der Waals surface area contributed by atoms with Crippen molar-refractivity contribution in [2.75, 3.05) is 6.54 Å². The van der Waals surface area contributed by atoms with Crippen LogP contribution in [-0.4, -0.2) is 6.54 Å². The molecule has 0 aliphatic rings. The van der Waals surface area contributed by atoms with E-state index in [1.54, 1.807) is 0 Å². The predicted octanol–water partition coefficient (Wildman–Crippen LogP) is 4.57. The first kappa shape index (κ1) is 14.8. The van der Waals surface area contributed by atoms with E-state index in [2.05, 4.69) is 80.4 Å². The molecule has 0 aliphatic carbocycles. The minimum atomic E-state index is 0.476. The van der Waals surface area contributed by atoms with Crippen molar-refractivity contribution in [1.29, 1.82) is 0 Å². The van der Waals surface area contributed by atoms with Crippen LogP contribution < -0.4 is 5.73 Å². The maximum Gasteiger partial charge on any atom is 0.0177 e. The number of rotatable bonds is 5. The molecule has 2 aromatic carbocycles. The number of halogens is 2.